The van der Waals surface area contributed by atoms with Gasteiger partial charge in [-0.3, -0.25) is 4.79 Å². The number of carbonyl (C=O) groups is 1. The largest absolute Gasteiger partial charge is 0.347 e. The van der Waals surface area contributed by atoms with E-state index in [0.717, 1.165) is 32.2 Å². The summed E-state index contributed by atoms with van der Waals surface area (Å²) in [6.45, 7) is 7.41. The first-order valence-corrected chi connectivity index (χ1v) is 8.20. The van der Waals surface area contributed by atoms with Gasteiger partial charge >= 0.3 is 0 Å². The van der Waals surface area contributed by atoms with Crippen LogP contribution in [-0.2, 0) is 4.79 Å². The predicted molar refractivity (Wildman–Crippen MR) is 87.0 cm³/mol. The highest BCUT2D eigenvalue weighted by atomic mass is 16.2. The molecule has 1 fully saturated rings. The van der Waals surface area contributed by atoms with E-state index < -0.39 is 0 Å². The van der Waals surface area contributed by atoms with Gasteiger partial charge in [0, 0.05) is 0 Å². The van der Waals surface area contributed by atoms with E-state index in [4.69, 9.17) is 0 Å². The van der Waals surface area contributed by atoms with Crippen molar-refractivity contribution in [1.82, 2.24) is 10.6 Å². The third-order valence-electron chi connectivity index (χ3n) is 4.47. The Bertz CT molecular complexity index is 450. The summed E-state index contributed by atoms with van der Waals surface area (Å²) in [6, 6.07) is 10.4. The highest BCUT2D eigenvalue weighted by molar-refractivity contribution is 5.87. The third kappa shape index (κ3) is 3.65. The smallest absolute Gasteiger partial charge is 0.240 e. The molecule has 2 rings (SSSR count). The molecule has 1 heterocycles. The summed E-state index contributed by atoms with van der Waals surface area (Å²) in [6.07, 6.45) is 3.98. The van der Waals surface area contributed by atoms with Crippen LogP contribution in [0.2, 0.25) is 0 Å². The van der Waals surface area contributed by atoms with Gasteiger partial charge in [-0.1, -0.05) is 57.5 Å². The standard InChI is InChI=1S/C18H28N2O/c1-4-11-18(12-8-13-19-18)17(21)20-16(14(2)3)15-9-6-5-7-10-15/h5-7,9-10,14,16,19H,4,8,11-13H2,1-3H3,(H,20,21). The summed E-state index contributed by atoms with van der Waals surface area (Å²) in [5, 5.41) is 6.75. The highest BCUT2D eigenvalue weighted by Crippen LogP contribution is 2.28. The van der Waals surface area contributed by atoms with E-state index in [1.807, 2.05) is 18.2 Å². The summed E-state index contributed by atoms with van der Waals surface area (Å²) in [7, 11) is 0. The van der Waals surface area contributed by atoms with E-state index >= 15 is 0 Å². The van der Waals surface area contributed by atoms with Crippen molar-refractivity contribution >= 4 is 5.91 Å². The molecule has 2 unspecified atom stereocenters. The third-order valence-corrected chi connectivity index (χ3v) is 4.47. The van der Waals surface area contributed by atoms with E-state index in [1.54, 1.807) is 0 Å². The number of hydrogen-bond acceptors (Lipinski definition) is 2. The first-order valence-electron chi connectivity index (χ1n) is 8.20. The zero-order valence-electron chi connectivity index (χ0n) is 13.5. The molecule has 3 nitrogen and oxygen atoms in total. The van der Waals surface area contributed by atoms with Crippen molar-refractivity contribution in [2.75, 3.05) is 6.54 Å². The molecule has 1 aliphatic heterocycles. The van der Waals surface area contributed by atoms with Crippen LogP contribution in [-0.4, -0.2) is 18.0 Å². The summed E-state index contributed by atoms with van der Waals surface area (Å²) in [5.74, 6) is 0.542. The van der Waals surface area contributed by atoms with E-state index in [1.165, 1.54) is 5.56 Å². The lowest BCUT2D eigenvalue weighted by atomic mass is 9.89. The molecular formula is C18H28N2O. The lowest BCUT2D eigenvalue weighted by molar-refractivity contribution is -0.128. The van der Waals surface area contributed by atoms with Gasteiger partial charge in [0.2, 0.25) is 5.91 Å². The number of benzene rings is 1. The maximum absolute atomic E-state index is 12.9. The Hall–Kier alpha value is -1.35. The van der Waals surface area contributed by atoms with Gasteiger partial charge in [0.25, 0.3) is 0 Å². The normalized spacial score (nSPS) is 23.2. The number of nitrogens with one attached hydrogen (secondary N) is 2. The number of amides is 1. The summed E-state index contributed by atoms with van der Waals surface area (Å²) in [4.78, 5) is 12.9. The van der Waals surface area contributed by atoms with Crippen molar-refractivity contribution in [3.05, 3.63) is 35.9 Å². The molecule has 0 radical (unpaired) electrons. The lowest BCUT2D eigenvalue weighted by Gasteiger charge is -2.32. The monoisotopic (exact) mass is 288 g/mol. The van der Waals surface area contributed by atoms with Crippen LogP contribution in [0.5, 0.6) is 0 Å². The van der Waals surface area contributed by atoms with Gasteiger partial charge in [0.15, 0.2) is 0 Å². The molecule has 1 saturated heterocycles. The van der Waals surface area contributed by atoms with Crippen LogP contribution in [0.25, 0.3) is 0 Å². The molecule has 0 saturated carbocycles. The predicted octanol–water partition coefficient (Wildman–Crippen LogP) is 3.42. The second-order valence-electron chi connectivity index (χ2n) is 6.47. The van der Waals surface area contributed by atoms with E-state index in [2.05, 4.69) is 43.5 Å². The van der Waals surface area contributed by atoms with E-state index in [0.29, 0.717) is 5.92 Å². The molecule has 1 aromatic rings. The molecule has 2 atom stereocenters. The van der Waals surface area contributed by atoms with Crippen LogP contribution in [0.4, 0.5) is 0 Å². The Balaban J connectivity index is 2.15. The quantitative estimate of drug-likeness (QED) is 0.842. The minimum atomic E-state index is -0.351. The fourth-order valence-corrected chi connectivity index (χ4v) is 3.33. The van der Waals surface area contributed by atoms with Crippen molar-refractivity contribution in [3.8, 4) is 0 Å². The molecule has 1 amide bonds. The van der Waals surface area contributed by atoms with Gasteiger partial charge in [0.1, 0.15) is 0 Å². The van der Waals surface area contributed by atoms with Gasteiger partial charge < -0.3 is 10.6 Å². The van der Waals surface area contributed by atoms with Gasteiger partial charge in [-0.25, -0.2) is 0 Å². The number of carbonyl (C=O) groups excluding carboxylic acids is 1. The number of rotatable bonds is 6. The number of hydrogen-bond donors (Lipinski definition) is 2. The van der Waals surface area contributed by atoms with E-state index in [9.17, 15) is 4.79 Å². The molecule has 0 aliphatic carbocycles. The second kappa shape index (κ2) is 7.08. The maximum atomic E-state index is 12.9. The van der Waals surface area contributed by atoms with E-state index in [-0.39, 0.29) is 17.5 Å². The summed E-state index contributed by atoms with van der Waals surface area (Å²) in [5.41, 5.74) is 0.835. The minimum Gasteiger partial charge on any atom is -0.347 e. The average molecular weight is 288 g/mol. The molecule has 0 bridgehead atoms. The maximum Gasteiger partial charge on any atom is 0.240 e. The summed E-state index contributed by atoms with van der Waals surface area (Å²) < 4.78 is 0. The zero-order valence-corrected chi connectivity index (χ0v) is 13.5. The first kappa shape index (κ1) is 16.0. The van der Waals surface area contributed by atoms with Crippen LogP contribution in [0.1, 0.15) is 58.1 Å². The molecular weight excluding hydrogens is 260 g/mol. The van der Waals surface area contributed by atoms with Gasteiger partial charge in [-0.2, -0.15) is 0 Å². The molecule has 2 N–H and O–H groups in total. The molecule has 1 aliphatic rings. The molecule has 1 aromatic carbocycles. The van der Waals surface area contributed by atoms with Gasteiger partial charge in [-0.05, 0) is 37.3 Å². The SMILES string of the molecule is CCCC1(C(=O)NC(c2ccccc2)C(C)C)CCCN1. The molecule has 0 spiro atoms. The Kier molecular flexibility index (Phi) is 5.40. The zero-order chi connectivity index (χ0) is 15.3. The second-order valence-corrected chi connectivity index (χ2v) is 6.47. The fourth-order valence-electron chi connectivity index (χ4n) is 3.33. The van der Waals surface area contributed by atoms with Crippen LogP contribution in [0.3, 0.4) is 0 Å². The average Bonchev–Trinajstić information content (AvgIpc) is 2.95. The molecule has 3 heteroatoms. The Morgan fingerprint density at radius 1 is 1.33 bits per heavy atom. The van der Waals surface area contributed by atoms with Gasteiger partial charge in [0.05, 0.1) is 11.6 Å². The molecule has 0 aromatic heterocycles. The minimum absolute atomic E-state index is 0.0785. The first-order chi connectivity index (χ1) is 10.1. The van der Waals surface area contributed by atoms with Crippen molar-refractivity contribution in [2.45, 2.75) is 58.0 Å². The molecule has 116 valence electrons. The highest BCUT2D eigenvalue weighted by Gasteiger charge is 2.40. The van der Waals surface area contributed by atoms with Crippen LogP contribution < -0.4 is 10.6 Å². The van der Waals surface area contributed by atoms with Crippen molar-refractivity contribution < 1.29 is 4.79 Å². The topological polar surface area (TPSA) is 41.1 Å². The Morgan fingerprint density at radius 3 is 2.57 bits per heavy atom. The van der Waals surface area contributed by atoms with Crippen molar-refractivity contribution in [1.29, 1.82) is 0 Å². The van der Waals surface area contributed by atoms with Crippen LogP contribution in [0.15, 0.2) is 30.3 Å². The van der Waals surface area contributed by atoms with Crippen LogP contribution >= 0.6 is 0 Å². The summed E-state index contributed by atoms with van der Waals surface area (Å²) >= 11 is 0. The van der Waals surface area contributed by atoms with Crippen molar-refractivity contribution in [3.63, 3.8) is 0 Å². The lowest BCUT2D eigenvalue weighted by Crippen LogP contribution is -2.54. The van der Waals surface area contributed by atoms with Crippen LogP contribution in [0, 0.1) is 5.92 Å². The van der Waals surface area contributed by atoms with Gasteiger partial charge in [-0.15, -0.1) is 0 Å². The Morgan fingerprint density at radius 2 is 2.05 bits per heavy atom. The van der Waals surface area contributed by atoms with Crippen molar-refractivity contribution in [2.24, 2.45) is 5.92 Å². The molecule has 21 heavy (non-hydrogen) atoms. The fraction of sp³-hybridized carbons (Fsp3) is 0.611. The Labute approximate surface area is 128 Å².